The van der Waals surface area contributed by atoms with Gasteiger partial charge in [0.15, 0.2) is 11.5 Å². The normalized spacial score (nSPS) is 20.2. The minimum atomic E-state index is -1.15. The number of amides is 2. The van der Waals surface area contributed by atoms with Crippen LogP contribution in [0, 0.1) is 0 Å². The van der Waals surface area contributed by atoms with Gasteiger partial charge < -0.3 is 34.6 Å². The van der Waals surface area contributed by atoms with E-state index < -0.39 is 30.1 Å². The number of aliphatic hydroxyl groups is 2. The van der Waals surface area contributed by atoms with Crippen molar-refractivity contribution in [3.05, 3.63) is 34.9 Å². The van der Waals surface area contributed by atoms with Crippen molar-refractivity contribution in [2.24, 2.45) is 0 Å². The predicted octanol–water partition coefficient (Wildman–Crippen LogP) is 4.69. The van der Waals surface area contributed by atoms with Crippen molar-refractivity contribution in [3.63, 3.8) is 0 Å². The van der Waals surface area contributed by atoms with Crippen molar-refractivity contribution in [2.45, 2.75) is 122 Å². The Morgan fingerprint density at radius 3 is 2.38 bits per heavy atom. The molecule has 252 valence electrons. The topological polar surface area (TPSA) is 135 Å². The van der Waals surface area contributed by atoms with Gasteiger partial charge in [0.25, 0.3) is 0 Å². The number of ether oxygens (including phenoxy) is 3. The number of aliphatic hydroxyl groups excluding tert-OH is 2. The Labute approximate surface area is 268 Å². The number of rotatable bonds is 21. The fraction of sp³-hybridized carbons (Fsp3) is 0.686. The number of hydrogen-bond donors (Lipinski definition) is 3. The number of carbonyl (C=O) groups excluding carboxylic acids is 3. The van der Waals surface area contributed by atoms with Gasteiger partial charge in [-0.25, -0.2) is 0 Å². The number of nitrogens with zero attached hydrogens (tertiary/aromatic N) is 1. The fourth-order valence-electron chi connectivity index (χ4n) is 6.28. The zero-order chi connectivity index (χ0) is 32.8. The standard InChI is InChI=1S/C35H54N2O8/c1-5-6-7-8-9-10-11-12-13-15-30(40)37(17-14-19-44-24(2)3)28-22-27(35(42)36-16-18-38)31-26-20-25(23-39)21-29(43-4)33(26)45-34(31)32(28)41/h20-24,28,31-32,34,38,41H,5-19H2,1-4H3,(H,36,42). The van der Waals surface area contributed by atoms with Gasteiger partial charge >= 0.3 is 0 Å². The largest absolute Gasteiger partial charge is 0.493 e. The fourth-order valence-corrected chi connectivity index (χ4v) is 6.28. The summed E-state index contributed by atoms with van der Waals surface area (Å²) in [5.74, 6) is -0.536. The quantitative estimate of drug-likeness (QED) is 0.132. The van der Waals surface area contributed by atoms with Crippen LogP contribution in [0.4, 0.5) is 0 Å². The molecule has 45 heavy (non-hydrogen) atoms. The van der Waals surface area contributed by atoms with Crippen LogP contribution in [0.15, 0.2) is 23.8 Å². The van der Waals surface area contributed by atoms with E-state index in [1.54, 1.807) is 23.1 Å². The molecule has 3 N–H and O–H groups in total. The number of benzene rings is 1. The Hall–Kier alpha value is -2.95. The van der Waals surface area contributed by atoms with Crippen LogP contribution in [-0.4, -0.2) is 91.0 Å². The van der Waals surface area contributed by atoms with Crippen LogP contribution in [0.2, 0.25) is 0 Å². The van der Waals surface area contributed by atoms with Gasteiger partial charge in [-0.05, 0) is 44.9 Å². The highest BCUT2D eigenvalue weighted by molar-refractivity contribution is 5.96. The molecule has 1 heterocycles. The molecule has 1 aliphatic heterocycles. The highest BCUT2D eigenvalue weighted by Crippen LogP contribution is 2.51. The summed E-state index contributed by atoms with van der Waals surface area (Å²) in [5.41, 5.74) is 1.22. The summed E-state index contributed by atoms with van der Waals surface area (Å²) in [6.45, 7) is 6.72. The zero-order valence-electron chi connectivity index (χ0n) is 27.6. The minimum Gasteiger partial charge on any atom is -0.493 e. The molecule has 10 heteroatoms. The SMILES string of the molecule is CCCCCCCCCCCC(=O)N(CCCOC(C)C)C1C=C(C(=O)NCCO)C2c3cc(C=O)cc(OC)c3OC2C1O. The Balaban J connectivity index is 1.85. The van der Waals surface area contributed by atoms with Crippen molar-refractivity contribution in [1.82, 2.24) is 10.2 Å². The summed E-state index contributed by atoms with van der Waals surface area (Å²) >= 11 is 0. The highest BCUT2D eigenvalue weighted by atomic mass is 16.5. The maximum Gasteiger partial charge on any atom is 0.247 e. The third-order valence-electron chi connectivity index (χ3n) is 8.58. The van der Waals surface area contributed by atoms with E-state index in [9.17, 15) is 24.6 Å². The number of nitrogens with one attached hydrogen (secondary N) is 1. The van der Waals surface area contributed by atoms with E-state index >= 15 is 0 Å². The average Bonchev–Trinajstić information content (AvgIpc) is 3.42. The lowest BCUT2D eigenvalue weighted by Crippen LogP contribution is -2.56. The summed E-state index contributed by atoms with van der Waals surface area (Å²) in [7, 11) is 1.46. The summed E-state index contributed by atoms with van der Waals surface area (Å²) in [5, 5.41) is 23.9. The van der Waals surface area contributed by atoms with Gasteiger partial charge in [0.05, 0.1) is 31.8 Å². The Kier molecular flexibility index (Phi) is 15.3. The monoisotopic (exact) mass is 630 g/mol. The van der Waals surface area contributed by atoms with E-state index in [-0.39, 0.29) is 25.2 Å². The minimum absolute atomic E-state index is 0.0416. The van der Waals surface area contributed by atoms with E-state index in [2.05, 4.69) is 12.2 Å². The second kappa shape index (κ2) is 18.9. The Morgan fingerprint density at radius 2 is 1.76 bits per heavy atom. The van der Waals surface area contributed by atoms with E-state index in [1.807, 2.05) is 13.8 Å². The molecule has 0 saturated heterocycles. The van der Waals surface area contributed by atoms with Crippen LogP contribution < -0.4 is 14.8 Å². The van der Waals surface area contributed by atoms with E-state index in [0.717, 1.165) is 19.3 Å². The first-order valence-corrected chi connectivity index (χ1v) is 16.8. The van der Waals surface area contributed by atoms with Gasteiger partial charge in [-0.2, -0.15) is 0 Å². The number of methoxy groups -OCH3 is 1. The summed E-state index contributed by atoms with van der Waals surface area (Å²) in [4.78, 5) is 40.7. The molecule has 0 radical (unpaired) electrons. The summed E-state index contributed by atoms with van der Waals surface area (Å²) < 4.78 is 17.5. The molecule has 0 aromatic heterocycles. The molecule has 1 aromatic rings. The molecule has 10 nitrogen and oxygen atoms in total. The van der Waals surface area contributed by atoms with E-state index in [1.165, 1.54) is 45.6 Å². The average molecular weight is 631 g/mol. The number of fused-ring (bicyclic) bond motifs is 3. The molecule has 2 amide bonds. The van der Waals surface area contributed by atoms with Crippen molar-refractivity contribution < 1.29 is 38.8 Å². The molecule has 4 unspecified atom stereocenters. The third kappa shape index (κ3) is 10.0. The maximum atomic E-state index is 13.8. The number of aldehydes is 1. The number of unbranched alkanes of at least 4 members (excludes halogenated alkanes) is 8. The zero-order valence-corrected chi connectivity index (χ0v) is 27.6. The van der Waals surface area contributed by atoms with Crippen LogP contribution in [-0.2, 0) is 14.3 Å². The number of hydrogen-bond acceptors (Lipinski definition) is 8. The molecule has 0 saturated carbocycles. The Bertz CT molecular complexity index is 1140. The second-order valence-corrected chi connectivity index (χ2v) is 12.3. The van der Waals surface area contributed by atoms with Crippen LogP contribution in [0.1, 0.15) is 113 Å². The highest BCUT2D eigenvalue weighted by Gasteiger charge is 2.51. The first kappa shape index (κ1) is 36.5. The van der Waals surface area contributed by atoms with Crippen LogP contribution >= 0.6 is 0 Å². The van der Waals surface area contributed by atoms with Crippen molar-refractivity contribution >= 4 is 18.1 Å². The molecule has 4 atom stereocenters. The van der Waals surface area contributed by atoms with E-state index in [4.69, 9.17) is 14.2 Å². The molecule has 3 rings (SSSR count). The van der Waals surface area contributed by atoms with Gasteiger partial charge in [0, 0.05) is 42.8 Å². The van der Waals surface area contributed by atoms with Gasteiger partial charge in [0.2, 0.25) is 11.8 Å². The Morgan fingerprint density at radius 1 is 1.07 bits per heavy atom. The predicted molar refractivity (Wildman–Crippen MR) is 173 cm³/mol. The van der Waals surface area contributed by atoms with Crippen molar-refractivity contribution in [1.29, 1.82) is 0 Å². The lowest BCUT2D eigenvalue weighted by atomic mass is 9.77. The van der Waals surface area contributed by atoms with E-state index in [0.29, 0.717) is 60.5 Å². The molecular weight excluding hydrogens is 576 g/mol. The first-order chi connectivity index (χ1) is 21.8. The maximum absolute atomic E-state index is 13.8. The van der Waals surface area contributed by atoms with Crippen LogP contribution in [0.25, 0.3) is 0 Å². The second-order valence-electron chi connectivity index (χ2n) is 12.3. The number of carbonyl (C=O) groups is 3. The summed E-state index contributed by atoms with van der Waals surface area (Å²) in [6.07, 6.45) is 11.5. The molecule has 1 aromatic carbocycles. The molecule has 0 fully saturated rings. The first-order valence-electron chi connectivity index (χ1n) is 16.8. The van der Waals surface area contributed by atoms with Gasteiger partial charge in [-0.15, -0.1) is 0 Å². The van der Waals surface area contributed by atoms with Crippen molar-refractivity contribution in [2.75, 3.05) is 33.4 Å². The summed E-state index contributed by atoms with van der Waals surface area (Å²) in [6, 6.07) is 2.38. The third-order valence-corrected chi connectivity index (χ3v) is 8.58. The molecule has 0 bridgehead atoms. The molecule has 0 spiro atoms. The van der Waals surface area contributed by atoms with Crippen LogP contribution in [0.3, 0.4) is 0 Å². The molecular formula is C35H54N2O8. The molecule has 2 aliphatic rings. The van der Waals surface area contributed by atoms with Gasteiger partial charge in [-0.1, -0.05) is 58.3 Å². The smallest absolute Gasteiger partial charge is 0.247 e. The lowest BCUT2D eigenvalue weighted by molar-refractivity contribution is -0.137. The van der Waals surface area contributed by atoms with Gasteiger partial charge in [-0.3, -0.25) is 14.4 Å². The van der Waals surface area contributed by atoms with Gasteiger partial charge in [0.1, 0.15) is 18.5 Å². The van der Waals surface area contributed by atoms with Crippen LogP contribution in [0.5, 0.6) is 11.5 Å². The molecule has 1 aliphatic carbocycles. The lowest BCUT2D eigenvalue weighted by Gasteiger charge is -2.41. The van der Waals surface area contributed by atoms with Crippen molar-refractivity contribution in [3.8, 4) is 11.5 Å².